The van der Waals surface area contributed by atoms with E-state index in [9.17, 15) is 0 Å². The molecular weight excluding hydrogens is 202 g/mol. The molecule has 0 bridgehead atoms. The molecule has 0 spiro atoms. The lowest BCUT2D eigenvalue weighted by atomic mass is 10.1. The minimum Gasteiger partial charge on any atom is -0.496 e. The van der Waals surface area contributed by atoms with Crippen LogP contribution in [0, 0.1) is 0 Å². The number of halogens is 1. The van der Waals surface area contributed by atoms with Crippen LogP contribution in [0.3, 0.4) is 0 Å². The van der Waals surface area contributed by atoms with Gasteiger partial charge >= 0.3 is 0 Å². The Morgan fingerprint density at radius 2 is 2.00 bits per heavy atom. The van der Waals surface area contributed by atoms with Gasteiger partial charge in [-0.2, -0.15) is 0 Å². The van der Waals surface area contributed by atoms with Gasteiger partial charge in [-0.05, 0) is 19.2 Å². The average molecular weight is 216 g/mol. The fourth-order valence-electron chi connectivity index (χ4n) is 1.34. The molecule has 3 nitrogen and oxygen atoms in total. The normalized spacial score (nSPS) is 10.0. The predicted octanol–water partition coefficient (Wildman–Crippen LogP) is 2.08. The van der Waals surface area contributed by atoms with Crippen molar-refractivity contribution in [3.63, 3.8) is 0 Å². The minimum absolute atomic E-state index is 0.596. The summed E-state index contributed by atoms with van der Waals surface area (Å²) in [6.45, 7) is 0.660. The van der Waals surface area contributed by atoms with Crippen LogP contribution in [0.2, 0.25) is 5.02 Å². The van der Waals surface area contributed by atoms with Crippen molar-refractivity contribution in [2.75, 3.05) is 21.3 Å². The molecule has 1 N–H and O–H groups in total. The second kappa shape index (κ2) is 5.08. The van der Waals surface area contributed by atoms with Gasteiger partial charge in [-0.15, -0.1) is 0 Å². The molecule has 1 aromatic carbocycles. The van der Waals surface area contributed by atoms with Crippen LogP contribution in [0.25, 0.3) is 0 Å². The van der Waals surface area contributed by atoms with Crippen LogP contribution in [0.1, 0.15) is 5.56 Å². The van der Waals surface area contributed by atoms with E-state index in [1.165, 1.54) is 0 Å². The van der Waals surface area contributed by atoms with E-state index in [4.69, 9.17) is 21.1 Å². The zero-order chi connectivity index (χ0) is 10.6. The molecule has 14 heavy (non-hydrogen) atoms. The molecule has 0 saturated carbocycles. The predicted molar refractivity (Wildman–Crippen MR) is 57.3 cm³/mol. The zero-order valence-electron chi connectivity index (χ0n) is 8.56. The average Bonchev–Trinajstić information content (AvgIpc) is 2.19. The summed E-state index contributed by atoms with van der Waals surface area (Å²) < 4.78 is 10.4. The smallest absolute Gasteiger partial charge is 0.145 e. The number of ether oxygens (including phenoxy) is 2. The minimum atomic E-state index is 0.596. The zero-order valence-corrected chi connectivity index (χ0v) is 9.31. The molecule has 4 heteroatoms. The molecule has 1 aromatic rings. The van der Waals surface area contributed by atoms with Gasteiger partial charge in [0.05, 0.1) is 24.8 Å². The van der Waals surface area contributed by atoms with Gasteiger partial charge in [-0.1, -0.05) is 11.6 Å². The van der Waals surface area contributed by atoms with E-state index in [1.807, 2.05) is 13.1 Å². The van der Waals surface area contributed by atoms with Gasteiger partial charge in [-0.25, -0.2) is 0 Å². The molecule has 0 fully saturated rings. The topological polar surface area (TPSA) is 30.5 Å². The SMILES string of the molecule is CNCc1c(OC)ccc(Cl)c1OC. The van der Waals surface area contributed by atoms with E-state index in [1.54, 1.807) is 20.3 Å². The lowest BCUT2D eigenvalue weighted by Gasteiger charge is -2.13. The van der Waals surface area contributed by atoms with E-state index in [-0.39, 0.29) is 0 Å². The largest absolute Gasteiger partial charge is 0.496 e. The number of nitrogens with one attached hydrogen (secondary N) is 1. The van der Waals surface area contributed by atoms with Crippen molar-refractivity contribution < 1.29 is 9.47 Å². The number of methoxy groups -OCH3 is 2. The highest BCUT2D eigenvalue weighted by atomic mass is 35.5. The molecule has 0 unspecified atom stereocenters. The summed E-state index contributed by atoms with van der Waals surface area (Å²) in [5, 5.41) is 3.64. The molecule has 0 amide bonds. The molecular formula is C10H14ClNO2. The summed E-state index contributed by atoms with van der Waals surface area (Å²) in [6, 6.07) is 3.59. The van der Waals surface area contributed by atoms with Crippen molar-refractivity contribution in [2.24, 2.45) is 0 Å². The van der Waals surface area contributed by atoms with Crippen molar-refractivity contribution in [3.8, 4) is 11.5 Å². The Balaban J connectivity index is 3.21. The van der Waals surface area contributed by atoms with E-state index in [0.717, 1.165) is 11.3 Å². The van der Waals surface area contributed by atoms with Gasteiger partial charge < -0.3 is 14.8 Å². The number of rotatable bonds is 4. The Morgan fingerprint density at radius 3 is 2.50 bits per heavy atom. The highest BCUT2D eigenvalue weighted by Gasteiger charge is 2.12. The highest BCUT2D eigenvalue weighted by molar-refractivity contribution is 6.32. The lowest BCUT2D eigenvalue weighted by molar-refractivity contribution is 0.383. The van der Waals surface area contributed by atoms with Gasteiger partial charge in [-0.3, -0.25) is 0 Å². The second-order valence-electron chi connectivity index (χ2n) is 2.79. The quantitative estimate of drug-likeness (QED) is 0.834. The summed E-state index contributed by atoms with van der Waals surface area (Å²) >= 11 is 5.99. The van der Waals surface area contributed by atoms with Crippen LogP contribution in [-0.2, 0) is 6.54 Å². The third kappa shape index (κ3) is 2.11. The highest BCUT2D eigenvalue weighted by Crippen LogP contribution is 2.34. The van der Waals surface area contributed by atoms with Crippen molar-refractivity contribution in [2.45, 2.75) is 6.54 Å². The van der Waals surface area contributed by atoms with E-state index >= 15 is 0 Å². The van der Waals surface area contributed by atoms with Crippen LogP contribution >= 0.6 is 11.6 Å². The van der Waals surface area contributed by atoms with Crippen molar-refractivity contribution in [1.29, 1.82) is 0 Å². The first-order chi connectivity index (χ1) is 6.74. The maximum absolute atomic E-state index is 5.99. The first kappa shape index (κ1) is 11.1. The van der Waals surface area contributed by atoms with Crippen molar-refractivity contribution >= 4 is 11.6 Å². The number of benzene rings is 1. The first-order valence-electron chi connectivity index (χ1n) is 4.28. The first-order valence-corrected chi connectivity index (χ1v) is 4.66. The fraction of sp³-hybridized carbons (Fsp3) is 0.400. The van der Waals surface area contributed by atoms with E-state index in [0.29, 0.717) is 17.3 Å². The van der Waals surface area contributed by atoms with Crippen LogP contribution in [0.4, 0.5) is 0 Å². The number of hydrogen-bond acceptors (Lipinski definition) is 3. The Morgan fingerprint density at radius 1 is 1.29 bits per heavy atom. The van der Waals surface area contributed by atoms with E-state index < -0.39 is 0 Å². The van der Waals surface area contributed by atoms with Gasteiger partial charge in [0.25, 0.3) is 0 Å². The third-order valence-corrected chi connectivity index (χ3v) is 2.24. The van der Waals surface area contributed by atoms with Crippen LogP contribution in [0.15, 0.2) is 12.1 Å². The summed E-state index contributed by atoms with van der Waals surface area (Å²) in [5.41, 5.74) is 0.935. The van der Waals surface area contributed by atoms with Crippen LogP contribution in [-0.4, -0.2) is 21.3 Å². The summed E-state index contributed by atoms with van der Waals surface area (Å²) in [6.07, 6.45) is 0. The molecule has 0 aromatic heterocycles. The Hall–Kier alpha value is -0.930. The van der Waals surface area contributed by atoms with E-state index in [2.05, 4.69) is 5.32 Å². The molecule has 0 aliphatic rings. The molecule has 0 atom stereocenters. The molecule has 0 aliphatic heterocycles. The fourth-order valence-corrected chi connectivity index (χ4v) is 1.59. The van der Waals surface area contributed by atoms with Gasteiger partial charge in [0.1, 0.15) is 11.5 Å². The van der Waals surface area contributed by atoms with Crippen molar-refractivity contribution in [3.05, 3.63) is 22.7 Å². The molecule has 0 saturated heterocycles. The summed E-state index contributed by atoms with van der Waals surface area (Å²) in [4.78, 5) is 0. The molecule has 78 valence electrons. The molecule has 0 radical (unpaired) electrons. The van der Waals surface area contributed by atoms with Gasteiger partial charge in [0.2, 0.25) is 0 Å². The van der Waals surface area contributed by atoms with Crippen molar-refractivity contribution in [1.82, 2.24) is 5.32 Å². The molecule has 1 rings (SSSR count). The lowest BCUT2D eigenvalue weighted by Crippen LogP contribution is -2.08. The van der Waals surface area contributed by atoms with Gasteiger partial charge in [0, 0.05) is 6.54 Å². The van der Waals surface area contributed by atoms with Crippen LogP contribution < -0.4 is 14.8 Å². The van der Waals surface area contributed by atoms with Gasteiger partial charge in [0.15, 0.2) is 0 Å². The summed E-state index contributed by atoms with van der Waals surface area (Å²) in [5.74, 6) is 1.45. The summed E-state index contributed by atoms with van der Waals surface area (Å²) in [7, 11) is 5.08. The maximum Gasteiger partial charge on any atom is 0.145 e. The molecule has 0 heterocycles. The molecule has 0 aliphatic carbocycles. The Bertz CT molecular complexity index is 315. The Kier molecular flexibility index (Phi) is 4.04. The monoisotopic (exact) mass is 215 g/mol. The second-order valence-corrected chi connectivity index (χ2v) is 3.20. The maximum atomic E-state index is 5.99. The standard InChI is InChI=1S/C10H14ClNO2/c1-12-6-7-9(13-2)5-4-8(11)10(7)14-3/h4-5,12H,6H2,1-3H3. The third-order valence-electron chi connectivity index (χ3n) is 1.95. The Labute approximate surface area is 89.0 Å². The number of hydrogen-bond donors (Lipinski definition) is 1. The van der Waals surface area contributed by atoms with Crippen LogP contribution in [0.5, 0.6) is 11.5 Å².